The second-order valence-electron chi connectivity index (χ2n) is 4.44. The Balaban J connectivity index is 2.08. The van der Waals surface area contributed by atoms with E-state index in [4.69, 9.17) is 4.74 Å². The molecule has 0 spiro atoms. The number of amides is 1. The third-order valence-electron chi connectivity index (χ3n) is 2.75. The molecule has 0 aliphatic rings. The second-order valence-corrected chi connectivity index (χ2v) is 4.44. The number of hydrogen-bond acceptors (Lipinski definition) is 5. The predicted molar refractivity (Wildman–Crippen MR) is 74.7 cm³/mol. The maximum absolute atomic E-state index is 11.9. The molecule has 0 saturated carbocycles. The van der Waals surface area contributed by atoms with Crippen LogP contribution in [0.1, 0.15) is 15.9 Å². The van der Waals surface area contributed by atoms with Crippen molar-refractivity contribution in [1.82, 2.24) is 20.1 Å². The predicted octanol–water partition coefficient (Wildman–Crippen LogP) is 1.13. The van der Waals surface area contributed by atoms with Gasteiger partial charge in [0.25, 0.3) is 5.91 Å². The zero-order valence-electron chi connectivity index (χ0n) is 11.7. The summed E-state index contributed by atoms with van der Waals surface area (Å²) in [5, 5.41) is 9.81. The van der Waals surface area contributed by atoms with Crippen molar-refractivity contribution in [2.24, 2.45) is 0 Å². The van der Waals surface area contributed by atoms with Crippen molar-refractivity contribution >= 4 is 11.7 Å². The lowest BCUT2D eigenvalue weighted by atomic mass is 10.2. The fourth-order valence-electron chi connectivity index (χ4n) is 1.69. The molecule has 20 heavy (non-hydrogen) atoms. The molecule has 2 aromatic rings. The molecule has 0 aromatic carbocycles. The van der Waals surface area contributed by atoms with Crippen molar-refractivity contribution in [3.8, 4) is 5.75 Å². The van der Waals surface area contributed by atoms with Gasteiger partial charge in [-0.25, -0.2) is 0 Å². The van der Waals surface area contributed by atoms with Crippen molar-refractivity contribution < 1.29 is 9.53 Å². The maximum Gasteiger partial charge on any atom is 0.258 e. The SMILES string of the molecule is COc1cncc(CNc2[nH]ncc2C(=O)N(C)C)c1. The van der Waals surface area contributed by atoms with Crippen molar-refractivity contribution in [2.45, 2.75) is 6.54 Å². The minimum absolute atomic E-state index is 0.106. The highest BCUT2D eigenvalue weighted by atomic mass is 16.5. The number of nitrogens with zero attached hydrogens (tertiary/aromatic N) is 3. The van der Waals surface area contributed by atoms with Gasteiger partial charge in [0.15, 0.2) is 0 Å². The van der Waals surface area contributed by atoms with Crippen LogP contribution in [0.2, 0.25) is 0 Å². The second kappa shape index (κ2) is 6.05. The van der Waals surface area contributed by atoms with E-state index in [1.54, 1.807) is 33.6 Å². The number of methoxy groups -OCH3 is 1. The lowest BCUT2D eigenvalue weighted by molar-refractivity contribution is 0.0828. The van der Waals surface area contributed by atoms with Gasteiger partial charge in [-0.1, -0.05) is 0 Å². The molecule has 2 heterocycles. The highest BCUT2D eigenvalue weighted by Crippen LogP contribution is 2.15. The summed E-state index contributed by atoms with van der Waals surface area (Å²) in [6, 6.07) is 1.88. The molecule has 0 bridgehead atoms. The van der Waals surface area contributed by atoms with E-state index in [0.717, 1.165) is 5.56 Å². The summed E-state index contributed by atoms with van der Waals surface area (Å²) in [4.78, 5) is 17.5. The first-order valence-corrected chi connectivity index (χ1v) is 6.08. The van der Waals surface area contributed by atoms with Gasteiger partial charge < -0.3 is 15.0 Å². The molecule has 0 saturated heterocycles. The van der Waals surface area contributed by atoms with Crippen molar-refractivity contribution in [3.63, 3.8) is 0 Å². The molecule has 7 nitrogen and oxygen atoms in total. The molecular weight excluding hydrogens is 258 g/mol. The molecule has 2 N–H and O–H groups in total. The number of carbonyl (C=O) groups is 1. The van der Waals surface area contributed by atoms with Crippen LogP contribution >= 0.6 is 0 Å². The lowest BCUT2D eigenvalue weighted by Gasteiger charge is -2.11. The van der Waals surface area contributed by atoms with E-state index in [1.165, 1.54) is 11.1 Å². The van der Waals surface area contributed by atoms with Crippen LogP contribution in [0.25, 0.3) is 0 Å². The number of anilines is 1. The Hall–Kier alpha value is -2.57. The van der Waals surface area contributed by atoms with E-state index in [9.17, 15) is 4.79 Å². The van der Waals surface area contributed by atoms with Gasteiger partial charge in [-0.3, -0.25) is 14.9 Å². The van der Waals surface area contributed by atoms with Gasteiger partial charge in [-0.15, -0.1) is 0 Å². The molecular formula is C13H17N5O2. The van der Waals surface area contributed by atoms with Crippen LogP contribution in [-0.2, 0) is 6.54 Å². The molecule has 1 amide bonds. The molecule has 2 rings (SSSR count). The van der Waals surface area contributed by atoms with E-state index in [-0.39, 0.29) is 5.91 Å². The zero-order chi connectivity index (χ0) is 14.5. The molecule has 0 radical (unpaired) electrons. The Labute approximate surface area is 117 Å². The fraction of sp³-hybridized carbons (Fsp3) is 0.308. The minimum atomic E-state index is -0.106. The molecule has 0 aliphatic carbocycles. The monoisotopic (exact) mass is 275 g/mol. The first-order valence-electron chi connectivity index (χ1n) is 6.08. The number of pyridine rings is 1. The molecule has 2 aromatic heterocycles. The van der Waals surface area contributed by atoms with Gasteiger partial charge >= 0.3 is 0 Å². The molecule has 0 fully saturated rings. The Morgan fingerprint density at radius 2 is 2.20 bits per heavy atom. The molecule has 106 valence electrons. The van der Waals surface area contributed by atoms with E-state index in [1.807, 2.05) is 6.07 Å². The normalized spacial score (nSPS) is 10.2. The lowest BCUT2D eigenvalue weighted by Crippen LogP contribution is -2.22. The third-order valence-corrected chi connectivity index (χ3v) is 2.75. The van der Waals surface area contributed by atoms with Gasteiger partial charge in [-0.2, -0.15) is 5.10 Å². The molecule has 0 aliphatic heterocycles. The highest BCUT2D eigenvalue weighted by molar-refractivity contribution is 5.98. The van der Waals surface area contributed by atoms with Crippen molar-refractivity contribution in [3.05, 3.63) is 35.8 Å². The summed E-state index contributed by atoms with van der Waals surface area (Å²) in [5.74, 6) is 1.18. The van der Waals surface area contributed by atoms with Crippen molar-refractivity contribution in [2.75, 3.05) is 26.5 Å². The summed E-state index contributed by atoms with van der Waals surface area (Å²) >= 11 is 0. The van der Waals surface area contributed by atoms with Crippen LogP contribution in [0.3, 0.4) is 0 Å². The summed E-state index contributed by atoms with van der Waals surface area (Å²) in [5.41, 5.74) is 1.45. The van der Waals surface area contributed by atoms with Gasteiger partial charge in [0.05, 0.1) is 19.5 Å². The van der Waals surface area contributed by atoms with Gasteiger partial charge in [0.1, 0.15) is 17.1 Å². The standard InChI is InChI=1S/C13H17N5O2/c1-18(2)13(19)11-8-16-17-12(11)15-6-9-4-10(20-3)7-14-5-9/h4-5,7-8H,6H2,1-3H3,(H2,15,16,17). The molecule has 0 atom stereocenters. The Bertz CT molecular complexity index is 594. The Morgan fingerprint density at radius 1 is 1.40 bits per heavy atom. The Kier molecular flexibility index (Phi) is 4.19. The quantitative estimate of drug-likeness (QED) is 0.854. The summed E-state index contributed by atoms with van der Waals surface area (Å²) in [6.07, 6.45) is 4.88. The number of carbonyl (C=O) groups excluding carboxylic acids is 1. The van der Waals surface area contributed by atoms with Gasteiger partial charge in [0.2, 0.25) is 0 Å². The third kappa shape index (κ3) is 3.05. The first-order chi connectivity index (χ1) is 9.61. The zero-order valence-corrected chi connectivity index (χ0v) is 11.7. The number of H-pyrrole nitrogens is 1. The van der Waals surface area contributed by atoms with E-state index >= 15 is 0 Å². The van der Waals surface area contributed by atoms with Gasteiger partial charge in [0, 0.05) is 26.8 Å². The van der Waals surface area contributed by atoms with Crippen LogP contribution in [-0.4, -0.2) is 47.2 Å². The van der Waals surface area contributed by atoms with Crippen LogP contribution in [0.4, 0.5) is 5.82 Å². The van der Waals surface area contributed by atoms with Crippen LogP contribution in [0.5, 0.6) is 5.75 Å². The van der Waals surface area contributed by atoms with Crippen LogP contribution in [0.15, 0.2) is 24.7 Å². The molecule has 0 unspecified atom stereocenters. The average Bonchev–Trinajstić information content (AvgIpc) is 2.92. The topological polar surface area (TPSA) is 83.1 Å². The van der Waals surface area contributed by atoms with E-state index in [2.05, 4.69) is 20.5 Å². The number of ether oxygens (including phenoxy) is 1. The number of hydrogen-bond donors (Lipinski definition) is 2. The van der Waals surface area contributed by atoms with Crippen LogP contribution in [0, 0.1) is 0 Å². The first kappa shape index (κ1) is 13.9. The number of aromatic amines is 1. The fourth-order valence-corrected chi connectivity index (χ4v) is 1.69. The van der Waals surface area contributed by atoms with Crippen molar-refractivity contribution in [1.29, 1.82) is 0 Å². The number of aromatic nitrogens is 3. The number of rotatable bonds is 5. The van der Waals surface area contributed by atoms with E-state index < -0.39 is 0 Å². The summed E-state index contributed by atoms with van der Waals surface area (Å²) in [7, 11) is 4.99. The average molecular weight is 275 g/mol. The maximum atomic E-state index is 11.9. The van der Waals surface area contributed by atoms with E-state index in [0.29, 0.717) is 23.7 Å². The minimum Gasteiger partial charge on any atom is -0.495 e. The summed E-state index contributed by atoms with van der Waals surface area (Å²) < 4.78 is 5.11. The van der Waals surface area contributed by atoms with Crippen LogP contribution < -0.4 is 10.1 Å². The van der Waals surface area contributed by atoms with Gasteiger partial charge in [-0.05, 0) is 11.6 Å². The molecule has 7 heteroatoms. The highest BCUT2D eigenvalue weighted by Gasteiger charge is 2.15. The Morgan fingerprint density at radius 3 is 2.90 bits per heavy atom. The largest absolute Gasteiger partial charge is 0.495 e. The summed E-state index contributed by atoms with van der Waals surface area (Å²) in [6.45, 7) is 0.514. The number of nitrogens with one attached hydrogen (secondary N) is 2. The smallest absolute Gasteiger partial charge is 0.258 e.